The summed E-state index contributed by atoms with van der Waals surface area (Å²) in [6, 6.07) is 0. The predicted molar refractivity (Wildman–Crippen MR) is 312 cm³/mol. The minimum absolute atomic E-state index is 0.0510. The van der Waals surface area contributed by atoms with Crippen molar-refractivity contribution < 1.29 is 42.4 Å². The van der Waals surface area contributed by atoms with Gasteiger partial charge in [-0.2, -0.15) is 0 Å². The number of esters is 2. The van der Waals surface area contributed by atoms with Crippen LogP contribution in [0.2, 0.25) is 0 Å². The van der Waals surface area contributed by atoms with Gasteiger partial charge in [0.05, 0.1) is 13.2 Å². The van der Waals surface area contributed by atoms with Gasteiger partial charge in [0, 0.05) is 25.8 Å². The van der Waals surface area contributed by atoms with Gasteiger partial charge in [0.1, 0.15) is 6.61 Å². The largest absolute Gasteiger partial charge is 0.472 e. The number of carbonyl (C=O) groups is 3. The molecule has 0 saturated carbocycles. The third kappa shape index (κ3) is 56.7. The van der Waals surface area contributed by atoms with Crippen molar-refractivity contribution in [1.29, 1.82) is 0 Å². The third-order valence-corrected chi connectivity index (χ3v) is 13.9. The fourth-order valence-electron chi connectivity index (χ4n) is 8.41. The molecule has 1 amide bonds. The monoisotopic (exact) mass is 1060 g/mol. The summed E-state index contributed by atoms with van der Waals surface area (Å²) in [5.74, 6) is -1.08. The molecule has 0 radical (unpaired) electrons. The molecule has 428 valence electrons. The first-order valence-corrected chi connectivity index (χ1v) is 31.9. The molecule has 2 atom stereocenters. The van der Waals surface area contributed by atoms with Crippen LogP contribution in [0.15, 0.2) is 72.9 Å². The number of hydrogen-bond acceptors (Lipinski definition) is 8. The molecule has 0 aromatic heterocycles. The lowest BCUT2D eigenvalue weighted by atomic mass is 10.0. The number of carbonyl (C=O) groups excluding carboxylic acids is 3. The van der Waals surface area contributed by atoms with Crippen molar-refractivity contribution >= 4 is 25.7 Å². The maximum absolute atomic E-state index is 12.8. The Morgan fingerprint density at radius 1 is 0.432 bits per heavy atom. The summed E-state index contributed by atoms with van der Waals surface area (Å²) < 4.78 is 34.1. The van der Waals surface area contributed by atoms with Gasteiger partial charge in [-0.25, -0.2) is 4.57 Å². The number of allylic oxidation sites excluding steroid dienone is 12. The molecule has 0 saturated heterocycles. The summed E-state index contributed by atoms with van der Waals surface area (Å²) >= 11 is 0. The molecular formula is C63H112NO9P. The fourth-order valence-corrected chi connectivity index (χ4v) is 9.16. The molecule has 11 heteroatoms. The van der Waals surface area contributed by atoms with E-state index in [1.165, 1.54) is 148 Å². The highest BCUT2D eigenvalue weighted by Crippen LogP contribution is 2.43. The Hall–Kier alpha value is -3.04. The number of ether oxygens (including phenoxy) is 2. The van der Waals surface area contributed by atoms with Crippen molar-refractivity contribution in [3.05, 3.63) is 72.9 Å². The van der Waals surface area contributed by atoms with Crippen LogP contribution in [0.1, 0.15) is 278 Å². The van der Waals surface area contributed by atoms with Crippen LogP contribution in [0.3, 0.4) is 0 Å². The second kappa shape index (κ2) is 57.7. The number of phosphoric acid groups is 1. The van der Waals surface area contributed by atoms with Gasteiger partial charge in [-0.15, -0.1) is 0 Å². The summed E-state index contributed by atoms with van der Waals surface area (Å²) in [7, 11) is -4.57. The normalized spacial score (nSPS) is 13.4. The van der Waals surface area contributed by atoms with Gasteiger partial charge < -0.3 is 19.7 Å². The average Bonchev–Trinajstić information content (AvgIpc) is 3.39. The summed E-state index contributed by atoms with van der Waals surface area (Å²) in [6.07, 6.45) is 68.5. The molecule has 0 aliphatic heterocycles. The Bertz CT molecular complexity index is 1500. The van der Waals surface area contributed by atoms with E-state index < -0.39 is 32.5 Å². The maximum Gasteiger partial charge on any atom is 0.472 e. The number of unbranched alkanes of at least 4 members (excludes halogenated alkanes) is 28. The van der Waals surface area contributed by atoms with E-state index in [2.05, 4.69) is 86.8 Å². The second-order valence-electron chi connectivity index (χ2n) is 20.1. The van der Waals surface area contributed by atoms with Crippen LogP contribution in [0.5, 0.6) is 0 Å². The fraction of sp³-hybridized carbons (Fsp3) is 0.762. The van der Waals surface area contributed by atoms with Crippen LogP contribution in [-0.4, -0.2) is 55.2 Å². The molecule has 1 unspecified atom stereocenters. The van der Waals surface area contributed by atoms with E-state index in [9.17, 15) is 23.8 Å². The number of rotatable bonds is 56. The zero-order valence-corrected chi connectivity index (χ0v) is 48.7. The lowest BCUT2D eigenvalue weighted by Crippen LogP contribution is -2.30. The molecule has 0 aromatic carbocycles. The SMILES string of the molecule is CC/C=C\C/C=C\C/C=C\C/C=C\C/C=C\C/C=C\CCC(=O)O[C@H](COC(=O)CCCCCCCCCCCCCCCCC)COP(=O)(O)OCCNC(=O)CCCCCCCCCCCCCCCCC. The van der Waals surface area contributed by atoms with Crippen molar-refractivity contribution in [3.63, 3.8) is 0 Å². The van der Waals surface area contributed by atoms with Crippen LogP contribution in [-0.2, 0) is 37.5 Å². The number of amides is 1. The van der Waals surface area contributed by atoms with Crippen molar-refractivity contribution in [2.24, 2.45) is 0 Å². The summed E-state index contributed by atoms with van der Waals surface area (Å²) in [5.41, 5.74) is 0. The van der Waals surface area contributed by atoms with E-state index in [0.29, 0.717) is 19.3 Å². The molecule has 0 heterocycles. The van der Waals surface area contributed by atoms with E-state index in [-0.39, 0.29) is 38.5 Å². The smallest absolute Gasteiger partial charge is 0.462 e. The molecule has 10 nitrogen and oxygen atoms in total. The van der Waals surface area contributed by atoms with Gasteiger partial charge in [-0.3, -0.25) is 23.4 Å². The van der Waals surface area contributed by atoms with Crippen LogP contribution < -0.4 is 5.32 Å². The highest BCUT2D eigenvalue weighted by atomic mass is 31.2. The molecule has 0 fully saturated rings. The molecule has 0 rings (SSSR count). The molecule has 2 N–H and O–H groups in total. The summed E-state index contributed by atoms with van der Waals surface area (Å²) in [5, 5.41) is 2.74. The number of phosphoric ester groups is 1. The lowest BCUT2D eigenvalue weighted by molar-refractivity contribution is -0.161. The molecule has 0 spiro atoms. The Morgan fingerprint density at radius 3 is 1.20 bits per heavy atom. The van der Waals surface area contributed by atoms with Crippen LogP contribution in [0, 0.1) is 0 Å². The Kier molecular flexibility index (Phi) is 55.3. The quantitative estimate of drug-likeness (QED) is 0.0264. The summed E-state index contributed by atoms with van der Waals surface area (Å²) in [4.78, 5) is 48.3. The molecule has 74 heavy (non-hydrogen) atoms. The van der Waals surface area contributed by atoms with Crippen LogP contribution in [0.4, 0.5) is 0 Å². The van der Waals surface area contributed by atoms with E-state index >= 15 is 0 Å². The Balaban J connectivity index is 4.62. The van der Waals surface area contributed by atoms with Gasteiger partial charge in [0.15, 0.2) is 6.10 Å². The van der Waals surface area contributed by atoms with Gasteiger partial charge in [0.25, 0.3) is 0 Å². The van der Waals surface area contributed by atoms with E-state index in [1.807, 2.05) is 12.2 Å². The number of nitrogens with one attached hydrogen (secondary N) is 1. The highest BCUT2D eigenvalue weighted by molar-refractivity contribution is 7.47. The van der Waals surface area contributed by atoms with Gasteiger partial charge in [-0.05, 0) is 57.8 Å². The van der Waals surface area contributed by atoms with Gasteiger partial charge in [0.2, 0.25) is 5.91 Å². The van der Waals surface area contributed by atoms with Crippen molar-refractivity contribution in [2.75, 3.05) is 26.4 Å². The first kappa shape index (κ1) is 71.0. The lowest BCUT2D eigenvalue weighted by Gasteiger charge is -2.20. The predicted octanol–water partition coefficient (Wildman–Crippen LogP) is 18.7. The van der Waals surface area contributed by atoms with Gasteiger partial charge >= 0.3 is 19.8 Å². The van der Waals surface area contributed by atoms with Crippen molar-refractivity contribution in [2.45, 2.75) is 284 Å². The zero-order valence-electron chi connectivity index (χ0n) is 47.8. The molecule has 0 aliphatic carbocycles. The molecule has 0 aromatic rings. The van der Waals surface area contributed by atoms with Gasteiger partial charge in [-0.1, -0.05) is 273 Å². The Labute approximate surface area is 454 Å². The van der Waals surface area contributed by atoms with E-state index in [0.717, 1.165) is 77.0 Å². The highest BCUT2D eigenvalue weighted by Gasteiger charge is 2.26. The molecule has 0 aliphatic rings. The molecule has 0 bridgehead atoms. The average molecular weight is 1060 g/mol. The van der Waals surface area contributed by atoms with Crippen LogP contribution in [0.25, 0.3) is 0 Å². The van der Waals surface area contributed by atoms with E-state index in [4.69, 9.17) is 18.5 Å². The second-order valence-corrected chi connectivity index (χ2v) is 21.5. The van der Waals surface area contributed by atoms with Crippen molar-refractivity contribution in [1.82, 2.24) is 5.32 Å². The number of hydrogen-bond donors (Lipinski definition) is 2. The molecular weight excluding hydrogens is 946 g/mol. The first-order chi connectivity index (χ1) is 36.2. The minimum Gasteiger partial charge on any atom is -0.462 e. The first-order valence-electron chi connectivity index (χ1n) is 30.4. The topological polar surface area (TPSA) is 137 Å². The van der Waals surface area contributed by atoms with E-state index in [1.54, 1.807) is 0 Å². The standard InChI is InChI=1S/C63H112NO9P/c1-4-7-10-13-16-19-22-25-28-29-30-31-34-37-40-43-46-49-52-55-63(67)73-60(58-70-62(66)54-51-48-45-42-39-36-33-27-24-21-18-15-12-9-6-3)59-72-74(68,69)71-57-56-64-61(65)53-50-47-44-41-38-35-32-26-23-20-17-14-11-8-5-2/h7,10,16,19,25,28,30-31,37,40,46,49,60H,4-6,8-9,11-15,17-18,20-24,26-27,29,32-36,38-39,41-45,47-48,50-59H2,1-3H3,(H,64,65)(H,68,69)/b10-7-,19-16-,28-25-,31-30-,40-37-,49-46-/t60-/m1/s1. The van der Waals surface area contributed by atoms with Crippen molar-refractivity contribution in [3.8, 4) is 0 Å². The maximum atomic E-state index is 12.8. The zero-order chi connectivity index (χ0) is 53.9. The Morgan fingerprint density at radius 2 is 0.797 bits per heavy atom. The minimum atomic E-state index is -4.57. The third-order valence-electron chi connectivity index (χ3n) is 12.9. The van der Waals surface area contributed by atoms with Crippen LogP contribution >= 0.6 is 7.82 Å². The summed E-state index contributed by atoms with van der Waals surface area (Å²) in [6.45, 7) is 5.67.